The maximum atomic E-state index is 15.5. The second kappa shape index (κ2) is 8.43. The van der Waals surface area contributed by atoms with E-state index in [-0.39, 0.29) is 21.2 Å². The average Bonchev–Trinajstić information content (AvgIpc) is 3.43. The molecule has 4 heterocycles. The second-order valence-corrected chi connectivity index (χ2v) is 9.93. The number of aromatic nitrogens is 5. The van der Waals surface area contributed by atoms with Crippen molar-refractivity contribution in [3.8, 4) is 22.6 Å². The minimum atomic E-state index is -4.25. The lowest BCUT2D eigenvalue weighted by Gasteiger charge is -2.14. The number of fused-ring (bicyclic) bond motifs is 1. The lowest BCUT2D eigenvalue weighted by Crippen LogP contribution is -2.16. The van der Waals surface area contributed by atoms with Gasteiger partial charge in [0.05, 0.1) is 27.5 Å². The summed E-state index contributed by atoms with van der Waals surface area (Å²) in [6.45, 7) is 3.35. The summed E-state index contributed by atoms with van der Waals surface area (Å²) in [5.41, 5.74) is 1.68. The number of H-pyrrole nitrogens is 1. The van der Waals surface area contributed by atoms with Crippen molar-refractivity contribution in [2.24, 2.45) is 0 Å². The largest absolute Gasteiger partial charge is 0.341 e. The minimum Gasteiger partial charge on any atom is -0.341 e. The lowest BCUT2D eigenvalue weighted by molar-refractivity contribution is 0.587. The van der Waals surface area contributed by atoms with Gasteiger partial charge in [-0.3, -0.25) is 9.71 Å². The molecule has 1 aromatic carbocycles. The van der Waals surface area contributed by atoms with Gasteiger partial charge in [0.2, 0.25) is 0 Å². The van der Waals surface area contributed by atoms with Gasteiger partial charge >= 0.3 is 0 Å². The number of hydrogen-bond donors (Lipinski definition) is 2. The number of benzene rings is 1. The van der Waals surface area contributed by atoms with E-state index in [0.29, 0.717) is 17.0 Å². The van der Waals surface area contributed by atoms with E-state index in [9.17, 15) is 12.8 Å². The summed E-state index contributed by atoms with van der Waals surface area (Å²) in [6, 6.07) is 6.41. The summed E-state index contributed by atoms with van der Waals surface area (Å²) in [7, 11) is -4.25. The molecule has 178 valence electrons. The molecule has 0 bridgehead atoms. The molecule has 0 amide bonds. The molecular formula is C23H17ClF2N6O2S. The van der Waals surface area contributed by atoms with Crippen LogP contribution in [0.1, 0.15) is 11.4 Å². The quantitative estimate of drug-likeness (QED) is 0.338. The number of hydrogen-bond acceptors (Lipinski definition) is 5. The van der Waals surface area contributed by atoms with Crippen molar-refractivity contribution < 1.29 is 17.2 Å². The highest BCUT2D eigenvalue weighted by atomic mass is 35.5. The van der Waals surface area contributed by atoms with Crippen molar-refractivity contribution in [3.63, 3.8) is 0 Å². The third-order valence-corrected chi connectivity index (χ3v) is 7.07. The van der Waals surface area contributed by atoms with E-state index in [4.69, 9.17) is 11.6 Å². The van der Waals surface area contributed by atoms with E-state index in [1.807, 2.05) is 6.92 Å². The molecule has 5 rings (SSSR count). The standard InChI is InChI=1S/C23H17ClF2N6O2S/c1-12-8-28-23(30-12)22-18-6-3-14(10-32(18)11-29-22)20-16(25)4-5-17(21(20)26)31-35(33,34)19-7-15(24)9-27-13(19)2/h3-11,31H,1-2H3,(H,28,30). The SMILES string of the molecule is Cc1cnc(-c2ncn3cc(-c4c(F)ccc(NS(=O)(=O)c5cc(Cl)cnc5C)c4F)ccc23)[nH]1. The number of imidazole rings is 2. The Morgan fingerprint density at radius 1 is 1.06 bits per heavy atom. The minimum absolute atomic E-state index is 0.106. The normalized spacial score (nSPS) is 11.8. The Bertz CT molecular complexity index is 1710. The van der Waals surface area contributed by atoms with E-state index in [0.717, 1.165) is 17.8 Å². The van der Waals surface area contributed by atoms with Crippen LogP contribution < -0.4 is 4.72 Å². The molecule has 0 fully saturated rings. The number of pyridine rings is 2. The van der Waals surface area contributed by atoms with Crippen LogP contribution in [0.2, 0.25) is 5.02 Å². The average molecular weight is 515 g/mol. The predicted octanol–water partition coefficient (Wildman–Crippen LogP) is 5.14. The van der Waals surface area contributed by atoms with Crippen LogP contribution in [-0.4, -0.2) is 32.8 Å². The Morgan fingerprint density at radius 2 is 1.86 bits per heavy atom. The number of nitrogens with one attached hydrogen (secondary N) is 2. The highest BCUT2D eigenvalue weighted by Gasteiger charge is 2.23. The first-order valence-corrected chi connectivity index (χ1v) is 12.1. The summed E-state index contributed by atoms with van der Waals surface area (Å²) in [4.78, 5) is 15.4. The third kappa shape index (κ3) is 4.13. The molecule has 8 nitrogen and oxygen atoms in total. The molecule has 0 aliphatic carbocycles. The van der Waals surface area contributed by atoms with Crippen LogP contribution in [0, 0.1) is 25.5 Å². The van der Waals surface area contributed by atoms with Crippen molar-refractivity contribution in [1.29, 1.82) is 0 Å². The molecule has 0 radical (unpaired) electrons. The number of halogens is 3. The van der Waals surface area contributed by atoms with E-state index in [1.54, 1.807) is 16.7 Å². The first-order chi connectivity index (χ1) is 16.6. The molecule has 0 saturated heterocycles. The zero-order chi connectivity index (χ0) is 24.9. The van der Waals surface area contributed by atoms with E-state index >= 15 is 4.39 Å². The van der Waals surface area contributed by atoms with Crippen LogP contribution in [-0.2, 0) is 10.0 Å². The van der Waals surface area contributed by atoms with Gasteiger partial charge < -0.3 is 9.38 Å². The van der Waals surface area contributed by atoms with Crippen molar-refractivity contribution in [3.05, 3.63) is 83.3 Å². The van der Waals surface area contributed by atoms with Crippen LogP contribution >= 0.6 is 11.6 Å². The van der Waals surface area contributed by atoms with Gasteiger partial charge in [0, 0.05) is 29.8 Å². The molecule has 0 aliphatic rings. The van der Waals surface area contributed by atoms with E-state index < -0.39 is 32.9 Å². The smallest absolute Gasteiger partial charge is 0.263 e. The summed E-state index contributed by atoms with van der Waals surface area (Å²) in [5, 5.41) is 0.106. The van der Waals surface area contributed by atoms with Crippen LogP contribution in [0.5, 0.6) is 0 Å². The summed E-state index contributed by atoms with van der Waals surface area (Å²) in [5.74, 6) is -1.35. The molecule has 0 aliphatic heterocycles. The third-order valence-electron chi connectivity index (χ3n) is 5.38. The maximum Gasteiger partial charge on any atom is 0.263 e. The summed E-state index contributed by atoms with van der Waals surface area (Å²) < 4.78 is 59.8. The van der Waals surface area contributed by atoms with Crippen molar-refractivity contribution in [2.75, 3.05) is 4.72 Å². The first kappa shape index (κ1) is 22.9. The Hall–Kier alpha value is -3.83. The molecule has 0 unspecified atom stereocenters. The maximum absolute atomic E-state index is 15.5. The molecule has 2 N–H and O–H groups in total. The van der Waals surface area contributed by atoms with Gasteiger partial charge in [-0.25, -0.2) is 27.2 Å². The number of anilines is 1. The topological polar surface area (TPSA) is 105 Å². The fourth-order valence-electron chi connectivity index (χ4n) is 3.72. The van der Waals surface area contributed by atoms with E-state index in [1.165, 1.54) is 37.8 Å². The van der Waals surface area contributed by atoms with Gasteiger partial charge in [0.1, 0.15) is 22.7 Å². The molecule has 35 heavy (non-hydrogen) atoms. The van der Waals surface area contributed by atoms with Crippen LogP contribution in [0.4, 0.5) is 14.5 Å². The van der Waals surface area contributed by atoms with E-state index in [2.05, 4.69) is 24.7 Å². The van der Waals surface area contributed by atoms with Gasteiger partial charge in [-0.15, -0.1) is 0 Å². The van der Waals surface area contributed by atoms with Crippen LogP contribution in [0.15, 0.2) is 60.1 Å². The summed E-state index contributed by atoms with van der Waals surface area (Å²) in [6.07, 6.45) is 5.99. The summed E-state index contributed by atoms with van der Waals surface area (Å²) >= 11 is 5.88. The molecule has 4 aromatic heterocycles. The van der Waals surface area contributed by atoms with Gasteiger partial charge in [-0.1, -0.05) is 17.7 Å². The molecular weight excluding hydrogens is 498 g/mol. The zero-order valence-corrected chi connectivity index (χ0v) is 19.9. The Balaban J connectivity index is 1.56. The molecule has 5 aromatic rings. The number of aromatic amines is 1. The number of nitrogens with zero attached hydrogens (tertiary/aromatic N) is 4. The number of rotatable bonds is 5. The Morgan fingerprint density at radius 3 is 2.60 bits per heavy atom. The Kier molecular flexibility index (Phi) is 5.53. The van der Waals surface area contributed by atoms with Crippen molar-refractivity contribution in [2.45, 2.75) is 18.7 Å². The zero-order valence-electron chi connectivity index (χ0n) is 18.3. The highest BCUT2D eigenvalue weighted by molar-refractivity contribution is 7.92. The predicted molar refractivity (Wildman–Crippen MR) is 128 cm³/mol. The van der Waals surface area contributed by atoms with Crippen molar-refractivity contribution in [1.82, 2.24) is 24.3 Å². The van der Waals surface area contributed by atoms with Gasteiger partial charge in [-0.05, 0) is 38.1 Å². The van der Waals surface area contributed by atoms with Crippen LogP contribution in [0.3, 0.4) is 0 Å². The first-order valence-electron chi connectivity index (χ1n) is 10.3. The molecule has 0 spiro atoms. The number of aryl methyl sites for hydroxylation is 2. The molecule has 12 heteroatoms. The molecule has 0 saturated carbocycles. The van der Waals surface area contributed by atoms with Crippen molar-refractivity contribution >= 4 is 32.8 Å². The van der Waals surface area contributed by atoms with Gasteiger partial charge in [-0.2, -0.15) is 0 Å². The van der Waals surface area contributed by atoms with Crippen LogP contribution in [0.25, 0.3) is 28.2 Å². The fraction of sp³-hybridized carbons (Fsp3) is 0.0870. The number of sulfonamides is 1. The van der Waals surface area contributed by atoms with Gasteiger partial charge in [0.25, 0.3) is 10.0 Å². The Labute approximate surface area is 203 Å². The molecule has 0 atom stereocenters. The second-order valence-electron chi connectivity index (χ2n) is 7.84. The van der Waals surface area contributed by atoms with Gasteiger partial charge in [0.15, 0.2) is 11.6 Å². The lowest BCUT2D eigenvalue weighted by atomic mass is 10.0. The monoisotopic (exact) mass is 514 g/mol. The fourth-order valence-corrected chi connectivity index (χ4v) is 5.22. The highest BCUT2D eigenvalue weighted by Crippen LogP contribution is 2.33.